The Kier molecular flexibility index (Phi) is 24.7. The average Bonchev–Trinajstić information content (AvgIpc) is 1.58. The van der Waals surface area contributed by atoms with Gasteiger partial charge in [-0.1, -0.05) is 293 Å². The SMILES string of the molecule is Cc1c(-c2c[n+](-c3c(C(C)C)cccc3C(C)C)c(-c3ccccc3)n2C)cccc1C(C)(C)C.Cc1c(-c2c[n+](-c3c(C(C)C)cccc3C(C)C)cn2C)cccc1C(C)(C)C.Cc1c(C(C)(C)C)ccc2c3ccccc3n(-c3cc(C(C)(C)C)cc[n+]3C)c12.Cc1c(C(C)(C)C)ccc2c3ccccc3n(-c3cccc[n+]3C)c12. The minimum absolute atomic E-state index is 0.0958. The molecule has 15 rings (SSSR count). The van der Waals surface area contributed by atoms with Crippen LogP contribution in [0.25, 0.3) is 101 Å². The van der Waals surface area contributed by atoms with E-state index in [0.29, 0.717) is 23.7 Å². The number of aromatic nitrogens is 8. The maximum absolute atomic E-state index is 2.46. The summed E-state index contributed by atoms with van der Waals surface area (Å²) in [7, 11) is 8.62. The molecule has 8 nitrogen and oxygen atoms in total. The molecule has 0 saturated carbocycles. The number of aryl methyl sites for hydroxylation is 5. The molecule has 612 valence electrons. The number of pyridine rings is 2. The molecule has 0 fully saturated rings. The summed E-state index contributed by atoms with van der Waals surface area (Å²) >= 11 is 0. The van der Waals surface area contributed by atoms with Crippen molar-refractivity contribution in [1.29, 1.82) is 0 Å². The standard InChI is InChI=1S/C33H41N2.C27H33N2.C27H37N2.C23H25N2/c1-22(2)26-17-13-18-27(23(3)4)31(26)35-21-30(34(9)32(35)25-15-11-10-12-16-25)28-19-14-20-29(24(28)5)33(6,7)8;1-18-22(27(5,6)7)14-13-21-20-11-9-10-12-23(20)29(25(18)21)24-17-19(26(2,3)4)15-16-28(24)8;1-18(2)21-12-10-13-22(19(3)4)26(21)29-16-25(28(9)17-29)23-14-11-15-24(20(23)5)27(6,7)8;1-16-19(23(2,3)4)14-13-18-17-10-6-7-11-20(17)25(22(16)18)21-12-8-9-15-24(21)5/h10-23H,1-9H3;9-17H,1-8H3;10-19H,1-9H3;6-15H,1-5H3/q4*+1. The van der Waals surface area contributed by atoms with Crippen LogP contribution < -0.4 is 18.3 Å². The first kappa shape index (κ1) is 86.6. The van der Waals surface area contributed by atoms with E-state index in [1.165, 1.54) is 173 Å². The number of hydrogen-bond acceptors (Lipinski definition) is 0. The van der Waals surface area contributed by atoms with Crippen LogP contribution in [0.3, 0.4) is 0 Å². The van der Waals surface area contributed by atoms with Crippen LogP contribution in [-0.4, -0.2) is 18.3 Å². The van der Waals surface area contributed by atoms with Crippen molar-refractivity contribution < 1.29 is 18.3 Å². The molecule has 0 radical (unpaired) electrons. The number of fused-ring (bicyclic) bond motifs is 6. The number of hydrogen-bond donors (Lipinski definition) is 0. The molecule has 8 heteroatoms. The van der Waals surface area contributed by atoms with Crippen molar-refractivity contribution >= 4 is 43.6 Å². The van der Waals surface area contributed by atoms with Crippen LogP contribution in [0.4, 0.5) is 0 Å². The molecular formula is C110H136N8+4. The number of para-hydroxylation sites is 4. The maximum Gasteiger partial charge on any atom is 0.294 e. The fourth-order valence-corrected chi connectivity index (χ4v) is 18.4. The van der Waals surface area contributed by atoms with Gasteiger partial charge in [-0.3, -0.25) is 0 Å². The van der Waals surface area contributed by atoms with Crippen molar-refractivity contribution in [2.45, 2.75) is 238 Å². The van der Waals surface area contributed by atoms with Crippen molar-refractivity contribution in [3.05, 3.63) is 310 Å². The summed E-state index contributed by atoms with van der Waals surface area (Å²) in [5, 5.41) is 5.27. The van der Waals surface area contributed by atoms with Crippen LogP contribution in [0.2, 0.25) is 0 Å². The molecule has 0 N–H and O–H groups in total. The van der Waals surface area contributed by atoms with Crippen LogP contribution in [-0.2, 0) is 55.3 Å². The summed E-state index contributed by atoms with van der Waals surface area (Å²) in [6.07, 6.45) is 11.2. The van der Waals surface area contributed by atoms with Gasteiger partial charge >= 0.3 is 0 Å². The van der Waals surface area contributed by atoms with Gasteiger partial charge in [0, 0.05) is 78.2 Å². The molecule has 0 aliphatic carbocycles. The molecule has 0 spiro atoms. The molecule has 0 amide bonds. The Labute approximate surface area is 708 Å². The van der Waals surface area contributed by atoms with Crippen LogP contribution in [0.5, 0.6) is 0 Å². The molecule has 118 heavy (non-hydrogen) atoms. The van der Waals surface area contributed by atoms with Gasteiger partial charge in [0.05, 0.1) is 46.1 Å². The molecule has 6 heterocycles. The van der Waals surface area contributed by atoms with Crippen LogP contribution in [0.15, 0.2) is 237 Å². The zero-order valence-electron chi connectivity index (χ0n) is 77.4. The van der Waals surface area contributed by atoms with E-state index >= 15 is 0 Å². The van der Waals surface area contributed by atoms with Gasteiger partial charge in [0.25, 0.3) is 17.5 Å². The summed E-state index contributed by atoms with van der Waals surface area (Å²) in [5.74, 6) is 5.40. The van der Waals surface area contributed by atoms with Crippen molar-refractivity contribution in [3.63, 3.8) is 0 Å². The summed E-state index contributed by atoms with van der Waals surface area (Å²) in [4.78, 5) is 0. The van der Waals surface area contributed by atoms with Gasteiger partial charge in [0.1, 0.15) is 45.8 Å². The minimum atomic E-state index is 0.0958. The van der Waals surface area contributed by atoms with Crippen LogP contribution in [0, 0.1) is 27.7 Å². The highest BCUT2D eigenvalue weighted by molar-refractivity contribution is 6.11. The Hall–Kier alpha value is -10.7. The number of nitrogens with zero attached hydrogens (tertiary/aromatic N) is 8. The molecular weight excluding hydrogens is 1430 g/mol. The number of imidazole rings is 2. The third-order valence-corrected chi connectivity index (χ3v) is 24.4. The van der Waals surface area contributed by atoms with Gasteiger partial charge in [-0.05, 0) is 178 Å². The zero-order chi connectivity index (χ0) is 85.9. The smallest absolute Gasteiger partial charge is 0.237 e. The quantitative estimate of drug-likeness (QED) is 0.116. The Morgan fingerprint density at radius 1 is 0.331 bits per heavy atom. The predicted molar refractivity (Wildman–Crippen MR) is 503 cm³/mol. The Balaban J connectivity index is 0.000000146. The summed E-state index contributed by atoms with van der Waals surface area (Å²) in [5.41, 5.74) is 32.7. The number of rotatable bonds is 11. The Morgan fingerprint density at radius 2 is 0.729 bits per heavy atom. The summed E-state index contributed by atoms with van der Waals surface area (Å²) < 4.78 is 18.7. The molecule has 0 aliphatic heterocycles. The lowest BCUT2D eigenvalue weighted by Crippen LogP contribution is -2.35. The van der Waals surface area contributed by atoms with E-state index in [9.17, 15) is 0 Å². The first-order valence-corrected chi connectivity index (χ1v) is 43.2. The fourth-order valence-electron chi connectivity index (χ4n) is 18.4. The molecule has 0 unspecified atom stereocenters. The Bertz CT molecular complexity index is 6120. The first-order valence-electron chi connectivity index (χ1n) is 43.2. The first-order chi connectivity index (χ1) is 55.4. The third kappa shape index (κ3) is 17.0. The van der Waals surface area contributed by atoms with E-state index in [-0.39, 0.29) is 27.1 Å². The largest absolute Gasteiger partial charge is 0.294 e. The van der Waals surface area contributed by atoms with E-state index in [1.807, 2.05) is 0 Å². The minimum Gasteiger partial charge on any atom is -0.237 e. The van der Waals surface area contributed by atoms with E-state index in [0.717, 1.165) is 0 Å². The van der Waals surface area contributed by atoms with E-state index in [4.69, 9.17) is 0 Å². The second-order valence-corrected chi connectivity index (χ2v) is 39.7. The lowest BCUT2D eigenvalue weighted by molar-refractivity contribution is -0.665. The average molecular weight is 1570 g/mol. The van der Waals surface area contributed by atoms with Crippen molar-refractivity contribution in [2.24, 2.45) is 28.2 Å². The second kappa shape index (κ2) is 33.6. The third-order valence-electron chi connectivity index (χ3n) is 24.4. The van der Waals surface area contributed by atoms with E-state index in [2.05, 4.69) is 489 Å². The molecule has 0 aliphatic rings. The van der Waals surface area contributed by atoms with Gasteiger partial charge < -0.3 is 0 Å². The fraction of sp³-hybridized carbons (Fsp3) is 0.364. The number of benzene rings is 9. The lowest BCUT2D eigenvalue weighted by Gasteiger charge is -2.22. The molecule has 0 atom stereocenters. The maximum atomic E-state index is 2.46. The van der Waals surface area contributed by atoms with Crippen molar-refractivity contribution in [2.75, 3.05) is 0 Å². The molecule has 6 aromatic heterocycles. The zero-order valence-corrected chi connectivity index (χ0v) is 77.4. The summed E-state index contributed by atoms with van der Waals surface area (Å²) in [6.45, 7) is 61.8. The molecule has 0 bridgehead atoms. The highest BCUT2D eigenvalue weighted by atomic mass is 15.2. The van der Waals surface area contributed by atoms with Gasteiger partial charge in [-0.15, -0.1) is 0 Å². The normalized spacial score (nSPS) is 12.3. The van der Waals surface area contributed by atoms with E-state index < -0.39 is 0 Å². The van der Waals surface area contributed by atoms with Crippen LogP contribution in [0.1, 0.15) is 255 Å². The summed E-state index contributed by atoms with van der Waals surface area (Å²) in [6, 6.07) is 75.5. The highest BCUT2D eigenvalue weighted by Crippen LogP contribution is 2.43. The van der Waals surface area contributed by atoms with Gasteiger partial charge in [0.2, 0.25) is 6.33 Å². The molecule has 15 aromatic rings. The Morgan fingerprint density at radius 3 is 1.17 bits per heavy atom. The molecule has 0 saturated heterocycles. The van der Waals surface area contributed by atoms with Crippen LogP contribution >= 0.6 is 0 Å². The van der Waals surface area contributed by atoms with E-state index in [1.54, 1.807) is 0 Å². The topological polar surface area (TPSA) is 35.2 Å². The lowest BCUT2D eigenvalue weighted by atomic mass is 9.82. The van der Waals surface area contributed by atoms with Crippen molar-refractivity contribution in [1.82, 2.24) is 18.3 Å². The van der Waals surface area contributed by atoms with Gasteiger partial charge in [0.15, 0.2) is 11.4 Å². The predicted octanol–water partition coefficient (Wildman–Crippen LogP) is 27.0. The van der Waals surface area contributed by atoms with Gasteiger partial charge in [-0.25, -0.2) is 22.8 Å². The molecule has 9 aromatic carbocycles. The van der Waals surface area contributed by atoms with Crippen molar-refractivity contribution in [3.8, 4) is 56.9 Å². The van der Waals surface area contributed by atoms with Gasteiger partial charge in [-0.2, -0.15) is 13.7 Å². The highest BCUT2D eigenvalue weighted by Gasteiger charge is 2.35. The monoisotopic (exact) mass is 1570 g/mol. The second-order valence-electron chi connectivity index (χ2n) is 39.7.